The maximum absolute atomic E-state index is 12.5. The van der Waals surface area contributed by atoms with Crippen LogP contribution >= 0.6 is 0 Å². The van der Waals surface area contributed by atoms with Crippen molar-refractivity contribution in [2.24, 2.45) is 9.98 Å². The van der Waals surface area contributed by atoms with Gasteiger partial charge in [0.15, 0.2) is 0 Å². The summed E-state index contributed by atoms with van der Waals surface area (Å²) < 4.78 is 0. The maximum atomic E-state index is 12.5. The van der Waals surface area contributed by atoms with Gasteiger partial charge in [-0.2, -0.15) is 0 Å². The minimum Gasteiger partial charge on any atom is -0.872 e. The van der Waals surface area contributed by atoms with Crippen molar-refractivity contribution in [2.75, 3.05) is 13.1 Å². The maximum Gasteiger partial charge on any atom is 3.00 e. The first-order chi connectivity index (χ1) is 15.7. The van der Waals surface area contributed by atoms with Crippen molar-refractivity contribution < 1.29 is 10.2 Å². The van der Waals surface area contributed by atoms with Gasteiger partial charge in [0.05, 0.1) is 0 Å². The summed E-state index contributed by atoms with van der Waals surface area (Å²) in [5, 5.41) is 28.3. The smallest absolute Gasteiger partial charge is 0.872 e. The van der Waals surface area contributed by atoms with Gasteiger partial charge in [0.1, 0.15) is 0 Å². The summed E-state index contributed by atoms with van der Waals surface area (Å²) in [4.78, 5) is 8.86. The first-order valence-electron chi connectivity index (χ1n) is 11.1. The van der Waals surface area contributed by atoms with Crippen LogP contribution < -0.4 is 10.2 Å². The molecule has 0 aliphatic rings. The number of nitrogens with zero attached hydrogens (tertiary/aromatic N) is 2. The third-order valence-electron chi connectivity index (χ3n) is 5.61. The molecule has 0 N–H and O–H groups in total. The number of hydrogen-bond acceptors (Lipinski definition) is 4. The molecule has 0 saturated heterocycles. The number of rotatable bonds is 9. The number of unbranched alkanes of at least 4 members (excludes halogenated alkanes) is 3. The standard InChI is InChI=1S/C28H28N2O2.4CH4.2Al/c31-27-23(15-13-21-9-3-5-11-25(21)27)19-29-17-7-1-2-8-18-30-20-24-16-14-22-10-4-6-12-26(22)28(24)32;;;;;;/h3-6,9-16,19-20,31-32H,1-2,7-8,17-18H2;4*1H4;;/q;;;;;2*+3/p-2. The third kappa shape index (κ3) is 10.3. The van der Waals surface area contributed by atoms with E-state index in [9.17, 15) is 10.2 Å². The van der Waals surface area contributed by atoms with E-state index >= 15 is 0 Å². The molecular weight excluding hydrogens is 498 g/mol. The molecule has 0 fully saturated rings. The molecule has 0 bridgehead atoms. The van der Waals surface area contributed by atoms with Crippen LogP contribution in [-0.2, 0) is 0 Å². The number of benzene rings is 4. The number of hydrogen-bond donors (Lipinski definition) is 0. The molecule has 0 aliphatic heterocycles. The van der Waals surface area contributed by atoms with E-state index in [-0.39, 0.29) is 75.9 Å². The Morgan fingerprint density at radius 2 is 0.868 bits per heavy atom. The Morgan fingerprint density at radius 3 is 1.26 bits per heavy atom. The van der Waals surface area contributed by atoms with E-state index in [0.717, 1.165) is 47.2 Å². The van der Waals surface area contributed by atoms with Gasteiger partial charge in [-0.1, -0.05) is 127 Å². The summed E-state index contributed by atoms with van der Waals surface area (Å²) >= 11 is 0. The number of fused-ring (bicyclic) bond motifs is 2. The fourth-order valence-electron chi connectivity index (χ4n) is 3.81. The SMILES string of the molecule is C.C.C.C.[Al+3].[Al+3].[O-]c1c(C=NCCCCCCN=Cc2ccc3ccccc3c2[O-])ccc2ccccc12. The Hall–Kier alpha value is -2.60. The van der Waals surface area contributed by atoms with Crippen LogP contribution in [0.4, 0.5) is 0 Å². The van der Waals surface area contributed by atoms with Gasteiger partial charge in [0.2, 0.25) is 0 Å². The van der Waals surface area contributed by atoms with Gasteiger partial charge in [-0.25, -0.2) is 0 Å². The molecule has 0 radical (unpaired) electrons. The molecule has 4 rings (SSSR count). The van der Waals surface area contributed by atoms with Crippen LogP contribution in [0.5, 0.6) is 11.5 Å². The Balaban J connectivity index is -0.00000204. The van der Waals surface area contributed by atoms with Crippen molar-refractivity contribution in [3.63, 3.8) is 0 Å². The van der Waals surface area contributed by atoms with E-state index in [0.29, 0.717) is 24.2 Å². The molecule has 4 aromatic rings. The molecule has 0 unspecified atom stereocenters. The van der Waals surface area contributed by atoms with Crippen LogP contribution in [0.1, 0.15) is 66.5 Å². The van der Waals surface area contributed by atoms with Gasteiger partial charge in [-0.05, 0) is 45.5 Å². The van der Waals surface area contributed by atoms with E-state index < -0.39 is 0 Å². The zero-order chi connectivity index (χ0) is 22.2. The molecule has 194 valence electrons. The Morgan fingerprint density at radius 1 is 0.500 bits per heavy atom. The summed E-state index contributed by atoms with van der Waals surface area (Å²) in [5.41, 5.74) is 1.29. The van der Waals surface area contributed by atoms with Crippen LogP contribution in [-0.4, -0.2) is 60.2 Å². The zero-order valence-corrected chi connectivity index (χ0v) is 21.5. The van der Waals surface area contributed by atoms with Crippen molar-refractivity contribution in [1.29, 1.82) is 0 Å². The van der Waals surface area contributed by atoms with Gasteiger partial charge in [0, 0.05) is 25.5 Å². The van der Waals surface area contributed by atoms with E-state index in [4.69, 9.17) is 0 Å². The molecule has 38 heavy (non-hydrogen) atoms. The molecule has 0 saturated carbocycles. The zero-order valence-electron chi connectivity index (χ0n) is 19.2. The second-order valence-electron chi connectivity index (χ2n) is 7.89. The average Bonchev–Trinajstić information content (AvgIpc) is 2.83. The molecular formula is C32H42Al2N2O2+4. The summed E-state index contributed by atoms with van der Waals surface area (Å²) in [7, 11) is 0. The molecule has 4 aromatic carbocycles. The molecule has 0 amide bonds. The van der Waals surface area contributed by atoms with Crippen molar-refractivity contribution in [1.82, 2.24) is 0 Å². The van der Waals surface area contributed by atoms with Crippen molar-refractivity contribution in [3.8, 4) is 11.5 Å². The molecule has 0 aromatic heterocycles. The first-order valence-corrected chi connectivity index (χ1v) is 11.1. The molecule has 4 nitrogen and oxygen atoms in total. The molecule has 0 heterocycles. The van der Waals surface area contributed by atoms with E-state index in [2.05, 4.69) is 9.98 Å². The topological polar surface area (TPSA) is 70.8 Å². The summed E-state index contributed by atoms with van der Waals surface area (Å²) in [6, 6.07) is 22.9. The first kappa shape index (κ1) is 39.9. The third-order valence-corrected chi connectivity index (χ3v) is 5.61. The predicted molar refractivity (Wildman–Crippen MR) is 169 cm³/mol. The molecule has 0 spiro atoms. The van der Waals surface area contributed by atoms with Crippen molar-refractivity contribution >= 4 is 68.7 Å². The summed E-state index contributed by atoms with van der Waals surface area (Å²) in [5.74, 6) is 0.0784. The normalized spacial score (nSPS) is 10.0. The van der Waals surface area contributed by atoms with Gasteiger partial charge >= 0.3 is 34.7 Å². The largest absolute Gasteiger partial charge is 3.00 e. The Labute approximate surface area is 251 Å². The molecule has 6 heteroatoms. The average molecular weight is 541 g/mol. The van der Waals surface area contributed by atoms with Gasteiger partial charge in [-0.15, -0.1) is 0 Å². The van der Waals surface area contributed by atoms with Gasteiger partial charge < -0.3 is 10.2 Å². The van der Waals surface area contributed by atoms with E-state index in [1.54, 1.807) is 12.4 Å². The second-order valence-corrected chi connectivity index (χ2v) is 7.89. The van der Waals surface area contributed by atoms with Crippen LogP contribution in [0, 0.1) is 0 Å². The Bertz CT molecular complexity index is 1170. The van der Waals surface area contributed by atoms with Crippen molar-refractivity contribution in [2.45, 2.75) is 55.4 Å². The van der Waals surface area contributed by atoms with E-state index in [1.807, 2.05) is 72.8 Å². The van der Waals surface area contributed by atoms with Gasteiger partial charge in [-0.3, -0.25) is 9.98 Å². The minimum atomic E-state index is 0. The molecule has 0 atom stereocenters. The van der Waals surface area contributed by atoms with Crippen molar-refractivity contribution in [3.05, 3.63) is 83.9 Å². The van der Waals surface area contributed by atoms with Gasteiger partial charge in [0.25, 0.3) is 0 Å². The van der Waals surface area contributed by atoms with E-state index in [1.165, 1.54) is 0 Å². The van der Waals surface area contributed by atoms with Crippen LogP contribution in [0.25, 0.3) is 21.5 Å². The van der Waals surface area contributed by atoms with Crippen LogP contribution in [0.2, 0.25) is 0 Å². The van der Waals surface area contributed by atoms with Crippen LogP contribution in [0.15, 0.2) is 82.8 Å². The van der Waals surface area contributed by atoms with Crippen LogP contribution in [0.3, 0.4) is 0 Å². The summed E-state index contributed by atoms with van der Waals surface area (Å²) in [6.07, 6.45) is 7.50. The monoisotopic (exact) mass is 540 g/mol. The predicted octanol–water partition coefficient (Wildman–Crippen LogP) is 7.02. The summed E-state index contributed by atoms with van der Waals surface area (Å²) in [6.45, 7) is 1.43. The second kappa shape index (κ2) is 20.4. The Kier molecular flexibility index (Phi) is 21.4. The molecule has 0 aliphatic carbocycles. The number of aliphatic imine (C=N–C) groups is 2. The minimum absolute atomic E-state index is 0. The fourth-order valence-corrected chi connectivity index (χ4v) is 3.81. The fraction of sp³-hybridized carbons (Fsp3) is 0.312. The quantitative estimate of drug-likeness (QED) is 0.130.